The number of anilines is 1. The van der Waals surface area contributed by atoms with E-state index in [0.29, 0.717) is 0 Å². The second-order valence-corrected chi connectivity index (χ2v) is 8.08. The average Bonchev–Trinajstić information content (AvgIpc) is 2.44. The Balaban J connectivity index is 2.20. The van der Waals surface area contributed by atoms with Crippen LogP contribution in [0.2, 0.25) is 0 Å². The number of nitrogens with zero attached hydrogens (tertiary/aromatic N) is 1. The summed E-state index contributed by atoms with van der Waals surface area (Å²) in [4.78, 5) is 14.3. The minimum absolute atomic E-state index is 0.0325. The van der Waals surface area contributed by atoms with Gasteiger partial charge in [0.25, 0.3) is 0 Å². The molecule has 0 spiro atoms. The monoisotopic (exact) mass is 297 g/mol. The number of hydrogen-bond acceptors (Lipinski definition) is 3. The molecule has 3 heteroatoms. The zero-order chi connectivity index (χ0) is 15.7. The molecule has 0 saturated carbocycles. The number of rotatable bonds is 0. The van der Waals surface area contributed by atoms with Crippen molar-refractivity contribution in [1.82, 2.24) is 0 Å². The van der Waals surface area contributed by atoms with Gasteiger partial charge in [-0.05, 0) is 41.4 Å². The van der Waals surface area contributed by atoms with Crippen LogP contribution in [0, 0.1) is 0 Å². The Morgan fingerprint density at radius 3 is 2.45 bits per heavy atom. The molecule has 0 N–H and O–H groups in total. The standard InChI is InChI=1S/C19H23NO2/c1-18(2)7-9-20-10-8-19(3,4)15-16(20)13(18)11-12-5-6-14(21)22-17(12)15/h5-6,11H,7-10H2,1-4H3. The molecule has 0 saturated heterocycles. The van der Waals surface area contributed by atoms with E-state index in [1.807, 2.05) is 6.07 Å². The molecule has 22 heavy (non-hydrogen) atoms. The van der Waals surface area contributed by atoms with Crippen LogP contribution in [-0.4, -0.2) is 13.1 Å². The van der Waals surface area contributed by atoms with E-state index in [0.717, 1.165) is 30.5 Å². The van der Waals surface area contributed by atoms with Crippen molar-refractivity contribution in [3.05, 3.63) is 39.7 Å². The van der Waals surface area contributed by atoms with Gasteiger partial charge >= 0.3 is 5.63 Å². The van der Waals surface area contributed by atoms with Crippen molar-refractivity contribution in [2.75, 3.05) is 18.0 Å². The molecule has 0 atom stereocenters. The van der Waals surface area contributed by atoms with E-state index >= 15 is 0 Å². The van der Waals surface area contributed by atoms with Gasteiger partial charge in [-0.2, -0.15) is 0 Å². The van der Waals surface area contributed by atoms with Gasteiger partial charge in [0, 0.05) is 35.8 Å². The zero-order valence-electron chi connectivity index (χ0n) is 13.8. The van der Waals surface area contributed by atoms with Gasteiger partial charge in [0.15, 0.2) is 0 Å². The number of benzene rings is 1. The first-order valence-electron chi connectivity index (χ1n) is 8.16. The second kappa shape index (κ2) is 4.15. The minimum Gasteiger partial charge on any atom is -0.422 e. The SMILES string of the molecule is CC1(C)CCN2CCC(C)(C)c3c2c1cc1ccc(=O)oc31. The highest BCUT2D eigenvalue weighted by Crippen LogP contribution is 2.51. The molecule has 2 aromatic rings. The molecule has 3 heterocycles. The van der Waals surface area contributed by atoms with E-state index in [1.54, 1.807) is 0 Å². The first-order valence-corrected chi connectivity index (χ1v) is 8.16. The molecule has 4 rings (SSSR count). The van der Waals surface area contributed by atoms with Crippen molar-refractivity contribution in [2.24, 2.45) is 0 Å². The van der Waals surface area contributed by atoms with Crippen molar-refractivity contribution in [3.63, 3.8) is 0 Å². The smallest absolute Gasteiger partial charge is 0.336 e. The highest BCUT2D eigenvalue weighted by molar-refractivity contribution is 5.90. The molecule has 0 radical (unpaired) electrons. The Morgan fingerprint density at radius 1 is 1.05 bits per heavy atom. The van der Waals surface area contributed by atoms with Crippen molar-refractivity contribution < 1.29 is 4.42 Å². The lowest BCUT2D eigenvalue weighted by molar-refractivity contribution is 0.398. The van der Waals surface area contributed by atoms with Crippen LogP contribution in [0.5, 0.6) is 0 Å². The molecule has 3 nitrogen and oxygen atoms in total. The van der Waals surface area contributed by atoms with E-state index in [9.17, 15) is 4.79 Å². The minimum atomic E-state index is -0.258. The van der Waals surface area contributed by atoms with Gasteiger partial charge in [0.2, 0.25) is 0 Å². The molecule has 1 aromatic carbocycles. The average molecular weight is 297 g/mol. The Bertz CT molecular complexity index is 827. The Morgan fingerprint density at radius 2 is 1.73 bits per heavy atom. The number of fused-ring (bicyclic) bond motifs is 2. The predicted molar refractivity (Wildman–Crippen MR) is 90.0 cm³/mol. The maximum atomic E-state index is 11.8. The topological polar surface area (TPSA) is 33.5 Å². The van der Waals surface area contributed by atoms with Crippen LogP contribution < -0.4 is 10.5 Å². The summed E-state index contributed by atoms with van der Waals surface area (Å²) in [5.74, 6) is 0. The maximum Gasteiger partial charge on any atom is 0.336 e. The largest absolute Gasteiger partial charge is 0.422 e. The number of hydrogen-bond donors (Lipinski definition) is 0. The van der Waals surface area contributed by atoms with E-state index < -0.39 is 0 Å². The third-order valence-electron chi connectivity index (χ3n) is 5.62. The lowest BCUT2D eigenvalue weighted by atomic mass is 9.69. The fourth-order valence-electron chi connectivity index (χ4n) is 4.10. The quantitative estimate of drug-likeness (QED) is 0.690. The van der Waals surface area contributed by atoms with Gasteiger partial charge in [-0.25, -0.2) is 4.79 Å². The van der Waals surface area contributed by atoms with Crippen molar-refractivity contribution in [1.29, 1.82) is 0 Å². The van der Waals surface area contributed by atoms with Crippen LogP contribution in [0.3, 0.4) is 0 Å². The van der Waals surface area contributed by atoms with Gasteiger partial charge < -0.3 is 9.32 Å². The van der Waals surface area contributed by atoms with Crippen LogP contribution in [0.25, 0.3) is 11.0 Å². The summed E-state index contributed by atoms with van der Waals surface area (Å²) in [5.41, 5.74) is 4.70. The third-order valence-corrected chi connectivity index (χ3v) is 5.62. The fourth-order valence-corrected chi connectivity index (χ4v) is 4.10. The van der Waals surface area contributed by atoms with Gasteiger partial charge in [-0.3, -0.25) is 0 Å². The van der Waals surface area contributed by atoms with Crippen molar-refractivity contribution in [3.8, 4) is 0 Å². The molecule has 116 valence electrons. The van der Waals surface area contributed by atoms with Gasteiger partial charge in [-0.1, -0.05) is 27.7 Å². The van der Waals surface area contributed by atoms with Gasteiger partial charge in [0.05, 0.1) is 0 Å². The van der Waals surface area contributed by atoms with Crippen LogP contribution in [0.15, 0.2) is 27.4 Å². The summed E-state index contributed by atoms with van der Waals surface area (Å²) in [6.45, 7) is 11.4. The molecule has 2 aliphatic rings. The van der Waals surface area contributed by atoms with E-state index in [2.05, 4.69) is 38.7 Å². The summed E-state index contributed by atoms with van der Waals surface area (Å²) in [6, 6.07) is 5.69. The second-order valence-electron chi connectivity index (χ2n) is 8.08. The third kappa shape index (κ3) is 1.77. The van der Waals surface area contributed by atoms with Crippen molar-refractivity contribution in [2.45, 2.75) is 51.4 Å². The summed E-state index contributed by atoms with van der Waals surface area (Å²) in [6.07, 6.45) is 2.26. The Kier molecular flexibility index (Phi) is 2.62. The molecule has 0 fully saturated rings. The molecular weight excluding hydrogens is 274 g/mol. The van der Waals surface area contributed by atoms with Crippen LogP contribution in [-0.2, 0) is 10.8 Å². The Labute approximate surface area is 130 Å². The van der Waals surface area contributed by atoms with E-state index in [1.165, 1.54) is 29.3 Å². The summed E-state index contributed by atoms with van der Waals surface area (Å²) in [7, 11) is 0. The first-order chi connectivity index (χ1) is 10.3. The highest BCUT2D eigenvalue weighted by Gasteiger charge is 2.41. The Hall–Kier alpha value is -1.77. The van der Waals surface area contributed by atoms with E-state index in [4.69, 9.17) is 4.42 Å². The molecule has 0 aliphatic carbocycles. The first kappa shape index (κ1) is 13.9. The lowest BCUT2D eigenvalue weighted by Gasteiger charge is -2.48. The molecule has 2 aliphatic heterocycles. The maximum absolute atomic E-state index is 11.8. The lowest BCUT2D eigenvalue weighted by Crippen LogP contribution is -2.44. The summed E-state index contributed by atoms with van der Waals surface area (Å²) >= 11 is 0. The summed E-state index contributed by atoms with van der Waals surface area (Å²) in [5, 5.41) is 1.05. The van der Waals surface area contributed by atoms with E-state index in [-0.39, 0.29) is 16.5 Å². The summed E-state index contributed by atoms with van der Waals surface area (Å²) < 4.78 is 5.65. The van der Waals surface area contributed by atoms with Crippen molar-refractivity contribution >= 4 is 16.7 Å². The molecular formula is C19H23NO2. The molecule has 0 amide bonds. The molecule has 0 unspecified atom stereocenters. The highest BCUT2D eigenvalue weighted by atomic mass is 16.4. The normalized spacial score (nSPS) is 21.7. The molecule has 0 bridgehead atoms. The van der Waals surface area contributed by atoms with Crippen LogP contribution >= 0.6 is 0 Å². The van der Waals surface area contributed by atoms with Crippen LogP contribution in [0.1, 0.15) is 51.7 Å². The molecule has 1 aromatic heterocycles. The van der Waals surface area contributed by atoms with Gasteiger partial charge in [0.1, 0.15) is 5.58 Å². The predicted octanol–water partition coefficient (Wildman–Crippen LogP) is 3.96. The fraction of sp³-hybridized carbons (Fsp3) is 0.526. The van der Waals surface area contributed by atoms with Crippen LogP contribution in [0.4, 0.5) is 5.69 Å². The van der Waals surface area contributed by atoms with Gasteiger partial charge in [-0.15, -0.1) is 0 Å². The zero-order valence-corrected chi connectivity index (χ0v) is 13.8.